The lowest BCUT2D eigenvalue weighted by molar-refractivity contribution is 0.463. The number of aryl methyl sites for hydroxylation is 1. The van der Waals surface area contributed by atoms with E-state index in [9.17, 15) is 0 Å². The molecule has 1 aromatic heterocycles. The van der Waals surface area contributed by atoms with E-state index in [2.05, 4.69) is 23.4 Å². The number of nitrogens with zero attached hydrogens (tertiary/aromatic N) is 2. The van der Waals surface area contributed by atoms with E-state index in [0.717, 1.165) is 0 Å². The summed E-state index contributed by atoms with van der Waals surface area (Å²) in [6.07, 6.45) is 3.16. The Morgan fingerprint density at radius 2 is 2.57 bits per heavy atom. The van der Waals surface area contributed by atoms with Crippen LogP contribution in [0.25, 0.3) is 0 Å². The monoisotopic (exact) mass is 211 g/mol. The van der Waals surface area contributed by atoms with Gasteiger partial charge in [-0.25, -0.2) is 0 Å². The first-order chi connectivity index (χ1) is 6.77. The summed E-state index contributed by atoms with van der Waals surface area (Å²) < 4.78 is 1.94. The fourth-order valence-corrected chi connectivity index (χ4v) is 3.08. The van der Waals surface area contributed by atoms with Crippen molar-refractivity contribution < 1.29 is 0 Å². The van der Waals surface area contributed by atoms with Crippen molar-refractivity contribution in [2.75, 3.05) is 11.5 Å². The Labute approximate surface area is 89.3 Å². The molecule has 2 heterocycles. The minimum atomic E-state index is 0.409. The van der Waals surface area contributed by atoms with Gasteiger partial charge in [-0.3, -0.25) is 4.68 Å². The molecule has 0 radical (unpaired) electrons. The maximum atomic E-state index is 4.18. The van der Waals surface area contributed by atoms with E-state index in [1.54, 1.807) is 0 Å². The summed E-state index contributed by atoms with van der Waals surface area (Å²) in [7, 11) is 2.00. The molecule has 0 aliphatic carbocycles. The average molecular weight is 211 g/mol. The Kier molecular flexibility index (Phi) is 3.13. The Balaban J connectivity index is 1.95. The zero-order valence-electron chi connectivity index (χ0n) is 8.73. The van der Waals surface area contributed by atoms with Gasteiger partial charge in [0.1, 0.15) is 0 Å². The molecule has 14 heavy (non-hydrogen) atoms. The third-order valence-electron chi connectivity index (χ3n) is 2.72. The Bertz CT molecular complexity index is 291. The van der Waals surface area contributed by atoms with Crippen molar-refractivity contribution in [3.8, 4) is 0 Å². The normalized spacial score (nSPS) is 24.0. The van der Waals surface area contributed by atoms with E-state index in [4.69, 9.17) is 0 Å². The minimum absolute atomic E-state index is 0.409. The van der Waals surface area contributed by atoms with Gasteiger partial charge in [0, 0.05) is 31.1 Å². The second-order valence-corrected chi connectivity index (χ2v) is 4.98. The minimum Gasteiger partial charge on any atom is -0.305 e. The molecule has 0 bridgehead atoms. The number of rotatable bonds is 3. The largest absolute Gasteiger partial charge is 0.305 e. The molecule has 2 atom stereocenters. The average Bonchev–Trinajstić information content (AvgIpc) is 2.75. The van der Waals surface area contributed by atoms with Crippen LogP contribution in [0.2, 0.25) is 0 Å². The zero-order chi connectivity index (χ0) is 9.97. The van der Waals surface area contributed by atoms with Gasteiger partial charge < -0.3 is 5.32 Å². The van der Waals surface area contributed by atoms with Gasteiger partial charge in [0.15, 0.2) is 0 Å². The molecule has 0 saturated carbocycles. The molecule has 1 saturated heterocycles. The van der Waals surface area contributed by atoms with Crippen molar-refractivity contribution in [1.82, 2.24) is 15.1 Å². The van der Waals surface area contributed by atoms with Crippen LogP contribution >= 0.6 is 11.8 Å². The molecule has 1 aliphatic heterocycles. The molecule has 1 fully saturated rings. The van der Waals surface area contributed by atoms with E-state index >= 15 is 0 Å². The summed E-state index contributed by atoms with van der Waals surface area (Å²) >= 11 is 2.04. The number of aromatic nitrogens is 2. The van der Waals surface area contributed by atoms with Gasteiger partial charge in [0.05, 0.1) is 5.69 Å². The summed E-state index contributed by atoms with van der Waals surface area (Å²) in [4.78, 5) is 0. The highest BCUT2D eigenvalue weighted by Crippen LogP contribution is 2.20. The van der Waals surface area contributed by atoms with Crippen LogP contribution in [0.5, 0.6) is 0 Å². The van der Waals surface area contributed by atoms with Gasteiger partial charge in [-0.2, -0.15) is 16.9 Å². The molecule has 3 nitrogen and oxygen atoms in total. The summed E-state index contributed by atoms with van der Waals surface area (Å²) in [5, 5.41) is 7.82. The third-order valence-corrected chi connectivity index (χ3v) is 3.88. The Morgan fingerprint density at radius 1 is 1.71 bits per heavy atom. The predicted molar refractivity (Wildman–Crippen MR) is 60.5 cm³/mol. The molecule has 1 N–H and O–H groups in total. The molecular weight excluding hydrogens is 194 g/mol. The number of hydrogen-bond acceptors (Lipinski definition) is 3. The van der Waals surface area contributed by atoms with Crippen LogP contribution in [0.1, 0.15) is 25.1 Å². The van der Waals surface area contributed by atoms with Crippen LogP contribution < -0.4 is 5.32 Å². The lowest BCUT2D eigenvalue weighted by Gasteiger charge is -2.18. The molecule has 2 unspecified atom stereocenters. The standard InChI is InChI=1S/C10H17N3S/c1-8(10-3-5-11-13(10)2)12-9-4-6-14-7-9/h3,5,8-9,12H,4,6-7H2,1-2H3. The Morgan fingerprint density at radius 3 is 3.14 bits per heavy atom. The highest BCUT2D eigenvalue weighted by atomic mass is 32.2. The van der Waals surface area contributed by atoms with Crippen molar-refractivity contribution in [3.63, 3.8) is 0 Å². The summed E-state index contributed by atoms with van der Waals surface area (Å²) in [5.41, 5.74) is 1.27. The molecular formula is C10H17N3S. The van der Waals surface area contributed by atoms with Gasteiger partial charge >= 0.3 is 0 Å². The number of hydrogen-bond donors (Lipinski definition) is 1. The quantitative estimate of drug-likeness (QED) is 0.823. The summed E-state index contributed by atoms with van der Waals surface area (Å²) in [6.45, 7) is 2.21. The molecule has 0 amide bonds. The second kappa shape index (κ2) is 4.36. The van der Waals surface area contributed by atoms with Crippen LogP contribution in [0, 0.1) is 0 Å². The summed E-state index contributed by atoms with van der Waals surface area (Å²) in [5.74, 6) is 2.55. The van der Waals surface area contributed by atoms with Crippen molar-refractivity contribution in [2.45, 2.75) is 25.4 Å². The van der Waals surface area contributed by atoms with Crippen molar-refractivity contribution in [2.24, 2.45) is 7.05 Å². The molecule has 1 aliphatic rings. The van der Waals surface area contributed by atoms with Crippen molar-refractivity contribution in [1.29, 1.82) is 0 Å². The molecule has 78 valence electrons. The number of nitrogens with one attached hydrogen (secondary N) is 1. The van der Waals surface area contributed by atoms with E-state index in [1.165, 1.54) is 23.6 Å². The molecule has 2 rings (SSSR count). The zero-order valence-corrected chi connectivity index (χ0v) is 9.55. The van der Waals surface area contributed by atoms with Crippen LogP contribution in [0.3, 0.4) is 0 Å². The fourth-order valence-electron chi connectivity index (χ4n) is 1.91. The first-order valence-corrected chi connectivity index (χ1v) is 6.24. The maximum Gasteiger partial charge on any atom is 0.0547 e. The lowest BCUT2D eigenvalue weighted by atomic mass is 10.2. The predicted octanol–water partition coefficient (Wildman–Crippen LogP) is 1.58. The molecule has 0 aromatic carbocycles. The van der Waals surface area contributed by atoms with E-state index in [0.29, 0.717) is 12.1 Å². The highest BCUT2D eigenvalue weighted by Gasteiger charge is 2.19. The van der Waals surface area contributed by atoms with Crippen LogP contribution in [-0.2, 0) is 7.05 Å². The van der Waals surface area contributed by atoms with Gasteiger partial charge in [-0.15, -0.1) is 0 Å². The Hall–Kier alpha value is -0.480. The van der Waals surface area contributed by atoms with Crippen LogP contribution in [-0.4, -0.2) is 27.3 Å². The van der Waals surface area contributed by atoms with Gasteiger partial charge in [0.2, 0.25) is 0 Å². The smallest absolute Gasteiger partial charge is 0.0547 e. The molecule has 4 heteroatoms. The highest BCUT2D eigenvalue weighted by molar-refractivity contribution is 7.99. The van der Waals surface area contributed by atoms with E-state index in [-0.39, 0.29) is 0 Å². The van der Waals surface area contributed by atoms with Crippen LogP contribution in [0.4, 0.5) is 0 Å². The number of thioether (sulfide) groups is 1. The first-order valence-electron chi connectivity index (χ1n) is 5.09. The van der Waals surface area contributed by atoms with Gasteiger partial charge in [-0.05, 0) is 25.2 Å². The lowest BCUT2D eigenvalue weighted by Crippen LogP contribution is -2.32. The fraction of sp³-hybridized carbons (Fsp3) is 0.700. The van der Waals surface area contributed by atoms with Crippen molar-refractivity contribution >= 4 is 11.8 Å². The molecule has 0 spiro atoms. The third kappa shape index (κ3) is 2.12. The van der Waals surface area contributed by atoms with Crippen LogP contribution in [0.15, 0.2) is 12.3 Å². The summed E-state index contributed by atoms with van der Waals surface area (Å²) in [6, 6.07) is 3.18. The second-order valence-electron chi connectivity index (χ2n) is 3.83. The topological polar surface area (TPSA) is 29.9 Å². The van der Waals surface area contributed by atoms with Gasteiger partial charge in [0.25, 0.3) is 0 Å². The maximum absolute atomic E-state index is 4.18. The SMILES string of the molecule is CC(NC1CCSC1)c1ccnn1C. The molecule has 1 aromatic rings. The van der Waals surface area contributed by atoms with E-state index in [1.807, 2.05) is 29.7 Å². The van der Waals surface area contributed by atoms with Gasteiger partial charge in [-0.1, -0.05) is 0 Å². The first kappa shape index (κ1) is 10.1. The van der Waals surface area contributed by atoms with Crippen molar-refractivity contribution in [3.05, 3.63) is 18.0 Å². The van der Waals surface area contributed by atoms with E-state index < -0.39 is 0 Å².